The zero-order chi connectivity index (χ0) is 24.0. The molecule has 0 amide bonds. The minimum atomic E-state index is -1.54. The highest BCUT2D eigenvalue weighted by atomic mass is 19.2. The molecule has 0 saturated heterocycles. The van der Waals surface area contributed by atoms with Crippen LogP contribution in [0.25, 0.3) is 0 Å². The standard InChI is InChI=1S/C28H35F5/c1-3-4-5-6-19-7-10-22(11-8-19)18(2)13-21-16-24(29)23(25(30)17-21)12-9-20-14-26(31)28(33)27(32)15-20/h14-19,22H,3-13H2,1-2H3. The van der Waals surface area contributed by atoms with Crippen molar-refractivity contribution in [3.05, 3.63) is 70.0 Å². The maximum atomic E-state index is 14.7. The number of hydrogen-bond acceptors (Lipinski definition) is 0. The highest BCUT2D eigenvalue weighted by Gasteiger charge is 2.25. The van der Waals surface area contributed by atoms with Crippen LogP contribution in [0.1, 0.15) is 81.9 Å². The van der Waals surface area contributed by atoms with E-state index in [1.807, 2.05) is 0 Å². The number of halogens is 5. The fourth-order valence-electron chi connectivity index (χ4n) is 5.30. The molecule has 3 rings (SSSR count). The maximum Gasteiger partial charge on any atom is 0.194 e. The normalized spacial score (nSPS) is 19.6. The Balaban J connectivity index is 1.55. The van der Waals surface area contributed by atoms with E-state index in [4.69, 9.17) is 0 Å². The quantitative estimate of drug-likeness (QED) is 0.187. The van der Waals surface area contributed by atoms with Gasteiger partial charge >= 0.3 is 0 Å². The molecule has 0 aliphatic heterocycles. The van der Waals surface area contributed by atoms with E-state index in [0.717, 1.165) is 18.1 Å². The van der Waals surface area contributed by atoms with Gasteiger partial charge in [0, 0.05) is 5.56 Å². The highest BCUT2D eigenvalue weighted by Crippen LogP contribution is 2.37. The summed E-state index contributed by atoms with van der Waals surface area (Å²) in [5.41, 5.74) is 0.697. The number of aryl methyl sites for hydroxylation is 1. The van der Waals surface area contributed by atoms with E-state index >= 15 is 0 Å². The molecule has 0 radical (unpaired) electrons. The maximum absolute atomic E-state index is 14.7. The van der Waals surface area contributed by atoms with Crippen molar-refractivity contribution in [1.29, 1.82) is 0 Å². The van der Waals surface area contributed by atoms with Gasteiger partial charge in [-0.05, 0) is 85.3 Å². The molecule has 1 aliphatic carbocycles. The number of unbranched alkanes of at least 4 members (excludes halogenated alkanes) is 2. The lowest BCUT2D eigenvalue weighted by Crippen LogP contribution is -2.21. The van der Waals surface area contributed by atoms with Gasteiger partial charge in [-0.1, -0.05) is 52.4 Å². The fraction of sp³-hybridized carbons (Fsp3) is 0.571. The van der Waals surface area contributed by atoms with Crippen molar-refractivity contribution in [3.8, 4) is 0 Å². The van der Waals surface area contributed by atoms with E-state index in [2.05, 4.69) is 13.8 Å². The third-order valence-electron chi connectivity index (χ3n) is 7.38. The molecule has 2 aromatic rings. The zero-order valence-corrected chi connectivity index (χ0v) is 19.7. The summed E-state index contributed by atoms with van der Waals surface area (Å²) in [6.07, 6.45) is 10.7. The van der Waals surface area contributed by atoms with Crippen molar-refractivity contribution in [3.63, 3.8) is 0 Å². The average molecular weight is 467 g/mol. The largest absolute Gasteiger partial charge is 0.207 e. The van der Waals surface area contributed by atoms with Gasteiger partial charge in [0.25, 0.3) is 0 Å². The Bertz CT molecular complexity index is 868. The van der Waals surface area contributed by atoms with E-state index < -0.39 is 29.1 Å². The smallest absolute Gasteiger partial charge is 0.194 e. The molecule has 182 valence electrons. The summed E-state index contributed by atoms with van der Waals surface area (Å²) in [4.78, 5) is 0. The molecular weight excluding hydrogens is 431 g/mol. The van der Waals surface area contributed by atoms with Crippen LogP contribution in [0.4, 0.5) is 22.0 Å². The molecule has 1 aliphatic rings. The Hall–Kier alpha value is -1.91. The van der Waals surface area contributed by atoms with Crippen LogP contribution in [0.3, 0.4) is 0 Å². The zero-order valence-electron chi connectivity index (χ0n) is 19.7. The summed E-state index contributed by atoms with van der Waals surface area (Å²) in [5, 5.41) is 0. The molecular formula is C28H35F5. The third-order valence-corrected chi connectivity index (χ3v) is 7.38. The van der Waals surface area contributed by atoms with Gasteiger partial charge in [0.05, 0.1) is 0 Å². The monoisotopic (exact) mass is 466 g/mol. The summed E-state index contributed by atoms with van der Waals surface area (Å²) in [6.45, 7) is 4.40. The lowest BCUT2D eigenvalue weighted by atomic mass is 9.73. The van der Waals surface area contributed by atoms with Gasteiger partial charge in [0.1, 0.15) is 11.6 Å². The highest BCUT2D eigenvalue weighted by molar-refractivity contribution is 5.28. The Morgan fingerprint density at radius 3 is 1.91 bits per heavy atom. The van der Waals surface area contributed by atoms with Gasteiger partial charge < -0.3 is 0 Å². The Morgan fingerprint density at radius 1 is 0.758 bits per heavy atom. The summed E-state index contributed by atoms with van der Waals surface area (Å²) < 4.78 is 69.2. The van der Waals surface area contributed by atoms with E-state index in [1.54, 1.807) is 0 Å². The van der Waals surface area contributed by atoms with Crippen LogP contribution in [-0.4, -0.2) is 0 Å². The number of hydrogen-bond donors (Lipinski definition) is 0. The van der Waals surface area contributed by atoms with Gasteiger partial charge in [-0.15, -0.1) is 0 Å². The van der Waals surface area contributed by atoms with Crippen LogP contribution in [0.15, 0.2) is 24.3 Å². The van der Waals surface area contributed by atoms with Crippen molar-refractivity contribution in [2.24, 2.45) is 17.8 Å². The molecule has 0 N–H and O–H groups in total. The van der Waals surface area contributed by atoms with Gasteiger partial charge in [-0.2, -0.15) is 0 Å². The molecule has 5 heteroatoms. The first-order valence-electron chi connectivity index (χ1n) is 12.4. The Morgan fingerprint density at radius 2 is 1.33 bits per heavy atom. The second kappa shape index (κ2) is 12.0. The second-order valence-corrected chi connectivity index (χ2v) is 9.87. The lowest BCUT2D eigenvalue weighted by molar-refractivity contribution is 0.204. The molecule has 2 aromatic carbocycles. The summed E-state index contributed by atoms with van der Waals surface area (Å²) in [7, 11) is 0. The van der Waals surface area contributed by atoms with Crippen LogP contribution in [0, 0.1) is 46.8 Å². The van der Waals surface area contributed by atoms with Gasteiger partial charge in [0.2, 0.25) is 0 Å². The van der Waals surface area contributed by atoms with Crippen molar-refractivity contribution in [2.75, 3.05) is 0 Å². The van der Waals surface area contributed by atoms with E-state index in [1.165, 1.54) is 63.5 Å². The molecule has 1 fully saturated rings. The van der Waals surface area contributed by atoms with E-state index in [0.29, 0.717) is 23.8 Å². The fourth-order valence-corrected chi connectivity index (χ4v) is 5.30. The SMILES string of the molecule is CCCCCC1CCC(C(C)Cc2cc(F)c(CCc3cc(F)c(F)c(F)c3)c(F)c2)CC1. The first-order valence-corrected chi connectivity index (χ1v) is 12.4. The van der Waals surface area contributed by atoms with Crippen LogP contribution >= 0.6 is 0 Å². The van der Waals surface area contributed by atoms with Crippen molar-refractivity contribution in [2.45, 2.75) is 84.5 Å². The summed E-state index contributed by atoms with van der Waals surface area (Å²) >= 11 is 0. The molecule has 33 heavy (non-hydrogen) atoms. The van der Waals surface area contributed by atoms with Crippen molar-refractivity contribution < 1.29 is 22.0 Å². The van der Waals surface area contributed by atoms with Crippen LogP contribution in [-0.2, 0) is 19.3 Å². The molecule has 1 unspecified atom stereocenters. The third kappa shape index (κ3) is 7.04. The number of benzene rings is 2. The van der Waals surface area contributed by atoms with Gasteiger partial charge in [0.15, 0.2) is 17.5 Å². The predicted octanol–water partition coefficient (Wildman–Crippen LogP) is 8.73. The number of rotatable bonds is 10. The van der Waals surface area contributed by atoms with E-state index in [-0.39, 0.29) is 24.0 Å². The van der Waals surface area contributed by atoms with E-state index in [9.17, 15) is 22.0 Å². The molecule has 0 heterocycles. The minimum Gasteiger partial charge on any atom is -0.207 e. The summed E-state index contributed by atoms with van der Waals surface area (Å²) in [5.74, 6) is -3.65. The van der Waals surface area contributed by atoms with Gasteiger partial charge in [-0.3, -0.25) is 0 Å². The average Bonchev–Trinajstić information content (AvgIpc) is 2.77. The molecule has 0 aromatic heterocycles. The first kappa shape index (κ1) is 25.7. The lowest BCUT2D eigenvalue weighted by Gasteiger charge is -2.32. The van der Waals surface area contributed by atoms with Crippen LogP contribution in [0.5, 0.6) is 0 Å². The van der Waals surface area contributed by atoms with Gasteiger partial charge in [-0.25, -0.2) is 22.0 Å². The van der Waals surface area contributed by atoms with Crippen molar-refractivity contribution in [1.82, 2.24) is 0 Å². The van der Waals surface area contributed by atoms with Crippen LogP contribution in [0.2, 0.25) is 0 Å². The predicted molar refractivity (Wildman–Crippen MR) is 123 cm³/mol. The topological polar surface area (TPSA) is 0 Å². The molecule has 0 spiro atoms. The molecule has 1 saturated carbocycles. The molecule has 0 bridgehead atoms. The summed E-state index contributed by atoms with van der Waals surface area (Å²) in [6, 6.07) is 4.50. The van der Waals surface area contributed by atoms with Crippen molar-refractivity contribution >= 4 is 0 Å². The minimum absolute atomic E-state index is 0.0131. The Kier molecular flexibility index (Phi) is 9.34. The molecule has 0 nitrogen and oxygen atoms in total. The Labute approximate surface area is 194 Å². The first-order chi connectivity index (χ1) is 15.8. The van der Waals surface area contributed by atoms with Crippen LogP contribution < -0.4 is 0 Å². The molecule has 1 atom stereocenters. The second-order valence-electron chi connectivity index (χ2n) is 9.87.